The maximum atomic E-state index is 12.3. The van der Waals surface area contributed by atoms with Crippen LogP contribution < -0.4 is 10.2 Å². The van der Waals surface area contributed by atoms with E-state index in [1.54, 1.807) is 57.3 Å². The summed E-state index contributed by atoms with van der Waals surface area (Å²) in [6.45, 7) is 5.33. The molecule has 1 aromatic heterocycles. The van der Waals surface area contributed by atoms with Crippen LogP contribution in [0.2, 0.25) is 5.02 Å². The molecule has 0 saturated carbocycles. The molecule has 0 spiro atoms. The summed E-state index contributed by atoms with van der Waals surface area (Å²) in [7, 11) is 1.31. The Morgan fingerprint density at radius 3 is 2.50 bits per heavy atom. The number of hydrogen-bond acceptors (Lipinski definition) is 7. The molecule has 0 fully saturated rings. The summed E-state index contributed by atoms with van der Waals surface area (Å²) >= 11 is 7.40. The fourth-order valence-electron chi connectivity index (χ4n) is 2.75. The lowest BCUT2D eigenvalue weighted by molar-refractivity contribution is -0.149. The number of nitrogens with zero attached hydrogens (tertiary/aromatic N) is 1. The van der Waals surface area contributed by atoms with Gasteiger partial charge < -0.3 is 14.2 Å². The summed E-state index contributed by atoms with van der Waals surface area (Å²) in [5.41, 5.74) is 2.38. The summed E-state index contributed by atoms with van der Waals surface area (Å²) in [6.07, 6.45) is -0.00424. The lowest BCUT2D eigenvalue weighted by atomic mass is 10.1. The Labute approximate surface area is 194 Å². The van der Waals surface area contributed by atoms with E-state index in [0.717, 1.165) is 15.0 Å². The van der Waals surface area contributed by atoms with Crippen molar-refractivity contribution in [2.24, 2.45) is 5.10 Å². The first-order chi connectivity index (χ1) is 15.1. The summed E-state index contributed by atoms with van der Waals surface area (Å²) in [5.74, 6) is -0.000271. The molecule has 1 unspecified atom stereocenters. The van der Waals surface area contributed by atoms with E-state index in [2.05, 4.69) is 10.5 Å². The largest absolute Gasteiger partial charge is 0.474 e. The van der Waals surface area contributed by atoms with E-state index in [9.17, 15) is 9.59 Å². The van der Waals surface area contributed by atoms with E-state index in [1.807, 2.05) is 18.2 Å². The Balaban J connectivity index is 1.74. The first kappa shape index (κ1) is 23.6. The molecule has 3 rings (SSSR count). The molecule has 32 heavy (non-hydrogen) atoms. The highest BCUT2D eigenvalue weighted by atomic mass is 35.5. The highest BCUT2D eigenvalue weighted by Gasteiger charge is 2.24. The van der Waals surface area contributed by atoms with Gasteiger partial charge in [-0.2, -0.15) is 5.10 Å². The number of thiophene rings is 1. The molecule has 0 bridgehead atoms. The minimum absolute atomic E-state index is 0.514. The zero-order valence-electron chi connectivity index (χ0n) is 18.0. The van der Waals surface area contributed by atoms with Crippen molar-refractivity contribution in [1.82, 2.24) is 5.43 Å². The van der Waals surface area contributed by atoms with Gasteiger partial charge in [-0.3, -0.25) is 0 Å². The number of amides is 1. The predicted molar refractivity (Wildman–Crippen MR) is 126 cm³/mol. The monoisotopic (exact) mass is 474 g/mol. The maximum absolute atomic E-state index is 12.3. The molecule has 0 aliphatic heterocycles. The number of carbonyl (C=O) groups excluding carboxylic acids is 2. The van der Waals surface area contributed by atoms with Crippen LogP contribution in [0.1, 0.15) is 37.3 Å². The van der Waals surface area contributed by atoms with Crippen molar-refractivity contribution in [2.45, 2.75) is 32.5 Å². The van der Waals surface area contributed by atoms with Crippen molar-refractivity contribution in [3.05, 3.63) is 64.0 Å². The number of hydrazone groups is 1. The van der Waals surface area contributed by atoms with Crippen LogP contribution in [-0.2, 0) is 14.3 Å². The quantitative estimate of drug-likeness (QED) is 0.281. The molecular weight excluding hydrogens is 452 g/mol. The van der Waals surface area contributed by atoms with Crippen molar-refractivity contribution >= 4 is 51.3 Å². The van der Waals surface area contributed by atoms with Gasteiger partial charge in [0, 0.05) is 20.2 Å². The number of carbonyl (C=O) groups is 2. The van der Waals surface area contributed by atoms with Crippen LogP contribution >= 0.6 is 22.9 Å². The molecule has 1 heterocycles. The summed E-state index contributed by atoms with van der Waals surface area (Å²) < 4.78 is 16.9. The molecule has 1 atom stereocenters. The Morgan fingerprint density at radius 1 is 1.12 bits per heavy atom. The molecule has 0 aliphatic carbocycles. The topological polar surface area (TPSA) is 86.2 Å². The van der Waals surface area contributed by atoms with Crippen LogP contribution in [0.15, 0.2) is 53.6 Å². The van der Waals surface area contributed by atoms with Gasteiger partial charge in [0.1, 0.15) is 11.4 Å². The Bertz CT molecular complexity index is 1140. The van der Waals surface area contributed by atoms with E-state index >= 15 is 0 Å². The lowest BCUT2D eigenvalue weighted by Gasteiger charge is -2.18. The highest BCUT2D eigenvalue weighted by Crippen LogP contribution is 2.31. The zero-order valence-corrected chi connectivity index (χ0v) is 19.6. The van der Waals surface area contributed by atoms with Crippen molar-refractivity contribution in [2.75, 3.05) is 7.11 Å². The molecule has 9 heteroatoms. The van der Waals surface area contributed by atoms with E-state index in [0.29, 0.717) is 16.3 Å². The van der Waals surface area contributed by atoms with Crippen molar-refractivity contribution < 1.29 is 23.8 Å². The van der Waals surface area contributed by atoms with E-state index in [-0.39, 0.29) is 0 Å². The number of halogens is 1. The SMILES string of the molecule is COC(=O)C(Oc1ccc2cc(/C=N/NC(=O)OC(C)(C)C)sc2c1)c1ccc(Cl)cc1. The minimum Gasteiger partial charge on any atom is -0.474 e. The van der Waals surface area contributed by atoms with Gasteiger partial charge in [-0.05, 0) is 62.6 Å². The second kappa shape index (κ2) is 10.0. The number of nitrogens with one attached hydrogen (secondary N) is 1. The average Bonchev–Trinajstić information content (AvgIpc) is 3.13. The number of benzene rings is 2. The first-order valence-corrected chi connectivity index (χ1v) is 10.9. The smallest absolute Gasteiger partial charge is 0.428 e. The molecule has 1 amide bonds. The number of methoxy groups -OCH3 is 1. The van der Waals surface area contributed by atoms with Crippen molar-refractivity contribution in [3.63, 3.8) is 0 Å². The number of rotatable bonds is 6. The second-order valence-electron chi connectivity index (χ2n) is 7.79. The summed E-state index contributed by atoms with van der Waals surface area (Å²) in [4.78, 5) is 24.8. The fourth-order valence-corrected chi connectivity index (χ4v) is 3.84. The minimum atomic E-state index is -0.922. The van der Waals surface area contributed by atoms with E-state index in [1.165, 1.54) is 18.4 Å². The molecule has 1 N–H and O–H groups in total. The number of esters is 1. The van der Waals surface area contributed by atoms with Crippen LogP contribution in [0.25, 0.3) is 10.1 Å². The standard InChI is InChI=1S/C23H23ClN2O5S/c1-23(2,3)31-22(28)26-25-13-18-11-15-7-10-17(12-19(15)32-18)30-20(21(27)29-4)14-5-8-16(24)9-6-14/h5-13,20H,1-4H3,(H,26,28)/b25-13+. The van der Waals surface area contributed by atoms with Gasteiger partial charge in [0.15, 0.2) is 0 Å². The molecular formula is C23H23ClN2O5S. The summed E-state index contributed by atoms with van der Waals surface area (Å²) in [6, 6.07) is 14.3. The molecule has 3 aromatic rings. The third-order valence-electron chi connectivity index (χ3n) is 4.10. The molecule has 168 valence electrons. The third-order valence-corrected chi connectivity index (χ3v) is 5.38. The van der Waals surface area contributed by atoms with Gasteiger partial charge >= 0.3 is 12.1 Å². The van der Waals surface area contributed by atoms with Gasteiger partial charge in [-0.1, -0.05) is 23.7 Å². The van der Waals surface area contributed by atoms with Gasteiger partial charge in [-0.25, -0.2) is 15.0 Å². The Kier molecular flexibility index (Phi) is 7.37. The third kappa shape index (κ3) is 6.45. The number of fused-ring (bicyclic) bond motifs is 1. The van der Waals surface area contributed by atoms with Crippen molar-refractivity contribution in [3.8, 4) is 5.75 Å². The Morgan fingerprint density at radius 2 is 1.84 bits per heavy atom. The van der Waals surface area contributed by atoms with Crippen LogP contribution in [0.5, 0.6) is 5.75 Å². The van der Waals surface area contributed by atoms with Crippen LogP contribution in [0.4, 0.5) is 4.79 Å². The van der Waals surface area contributed by atoms with Crippen molar-refractivity contribution in [1.29, 1.82) is 0 Å². The maximum Gasteiger partial charge on any atom is 0.428 e. The van der Waals surface area contributed by atoms with Crippen LogP contribution in [0.3, 0.4) is 0 Å². The molecule has 0 aliphatic rings. The summed E-state index contributed by atoms with van der Waals surface area (Å²) in [5, 5.41) is 5.47. The lowest BCUT2D eigenvalue weighted by Crippen LogP contribution is -2.29. The van der Waals surface area contributed by atoms with Gasteiger partial charge in [0.05, 0.1) is 13.3 Å². The highest BCUT2D eigenvalue weighted by molar-refractivity contribution is 7.20. The fraction of sp³-hybridized carbons (Fsp3) is 0.261. The number of ether oxygens (including phenoxy) is 3. The number of hydrogen-bond donors (Lipinski definition) is 1. The van der Waals surface area contributed by atoms with Crippen LogP contribution in [-0.4, -0.2) is 31.0 Å². The predicted octanol–water partition coefficient (Wildman–Crippen LogP) is 5.71. The Hall–Kier alpha value is -3.10. The molecule has 7 nitrogen and oxygen atoms in total. The van der Waals surface area contributed by atoms with E-state index in [4.69, 9.17) is 25.8 Å². The molecule has 0 radical (unpaired) electrons. The second-order valence-corrected chi connectivity index (χ2v) is 9.34. The first-order valence-electron chi connectivity index (χ1n) is 9.70. The van der Waals surface area contributed by atoms with Gasteiger partial charge in [0.2, 0.25) is 6.10 Å². The molecule has 0 saturated heterocycles. The van der Waals surface area contributed by atoms with Gasteiger partial charge in [0.25, 0.3) is 0 Å². The average molecular weight is 475 g/mol. The normalized spacial score (nSPS) is 12.5. The van der Waals surface area contributed by atoms with Crippen LogP contribution in [0, 0.1) is 0 Å². The molecule has 2 aromatic carbocycles. The van der Waals surface area contributed by atoms with Gasteiger partial charge in [-0.15, -0.1) is 11.3 Å². The van der Waals surface area contributed by atoms with E-state index < -0.39 is 23.8 Å². The zero-order chi connectivity index (χ0) is 23.3.